The molecule has 0 radical (unpaired) electrons. The Morgan fingerprint density at radius 1 is 1.16 bits per heavy atom. The third kappa shape index (κ3) is 4.75. The Hall–Kier alpha value is -2.83. The van der Waals surface area contributed by atoms with Crippen molar-refractivity contribution in [3.05, 3.63) is 69.8 Å². The quantitative estimate of drug-likeness (QED) is 0.398. The van der Waals surface area contributed by atoms with Gasteiger partial charge in [-0.3, -0.25) is 9.59 Å². The Morgan fingerprint density at radius 3 is 2.42 bits per heavy atom. The number of likely N-dealkylation sites (tertiary alicyclic amines) is 1. The van der Waals surface area contributed by atoms with Gasteiger partial charge in [-0.2, -0.15) is 0 Å². The first-order valence-corrected chi connectivity index (χ1v) is 10.5. The minimum Gasteiger partial charge on any atom is -0.507 e. The predicted octanol–water partition coefficient (Wildman–Crippen LogP) is 4.03. The summed E-state index contributed by atoms with van der Waals surface area (Å²) in [4.78, 5) is 29.5. The lowest BCUT2D eigenvalue weighted by molar-refractivity contribution is -0.139. The van der Waals surface area contributed by atoms with Crippen LogP contribution in [0.2, 0.25) is 5.02 Å². The molecule has 1 N–H and O–H groups in total. The molecule has 3 rings (SSSR count). The molecular formula is C24H27ClN2O4. The fraction of sp³-hybridized carbons (Fsp3) is 0.333. The van der Waals surface area contributed by atoms with Crippen LogP contribution in [0.15, 0.2) is 48.0 Å². The van der Waals surface area contributed by atoms with Gasteiger partial charge in [-0.25, -0.2) is 0 Å². The fourth-order valence-corrected chi connectivity index (χ4v) is 3.97. The van der Waals surface area contributed by atoms with Gasteiger partial charge in [0, 0.05) is 17.1 Å². The van der Waals surface area contributed by atoms with Crippen LogP contribution in [0, 0.1) is 6.92 Å². The van der Waals surface area contributed by atoms with Gasteiger partial charge in [-0.1, -0.05) is 23.7 Å². The van der Waals surface area contributed by atoms with Gasteiger partial charge in [0.2, 0.25) is 0 Å². The lowest BCUT2D eigenvalue weighted by atomic mass is 9.94. The van der Waals surface area contributed by atoms with Gasteiger partial charge >= 0.3 is 0 Å². The molecule has 1 saturated heterocycles. The van der Waals surface area contributed by atoms with Gasteiger partial charge in [0.1, 0.15) is 11.5 Å². The van der Waals surface area contributed by atoms with E-state index < -0.39 is 17.7 Å². The predicted molar refractivity (Wildman–Crippen MR) is 121 cm³/mol. The zero-order valence-electron chi connectivity index (χ0n) is 18.2. The number of carbonyl (C=O) groups is 2. The Labute approximate surface area is 187 Å². The third-order valence-electron chi connectivity index (χ3n) is 5.40. The van der Waals surface area contributed by atoms with E-state index in [1.165, 1.54) is 4.90 Å². The lowest BCUT2D eigenvalue weighted by Gasteiger charge is -2.26. The van der Waals surface area contributed by atoms with E-state index in [2.05, 4.69) is 0 Å². The summed E-state index contributed by atoms with van der Waals surface area (Å²) in [6, 6.07) is 11.5. The number of rotatable bonds is 7. The summed E-state index contributed by atoms with van der Waals surface area (Å²) < 4.78 is 5.28. The van der Waals surface area contributed by atoms with Gasteiger partial charge in [0.25, 0.3) is 11.7 Å². The van der Waals surface area contributed by atoms with Gasteiger partial charge < -0.3 is 19.6 Å². The largest absolute Gasteiger partial charge is 0.507 e. The Morgan fingerprint density at radius 2 is 1.84 bits per heavy atom. The average Bonchev–Trinajstić information content (AvgIpc) is 2.98. The van der Waals surface area contributed by atoms with Crippen LogP contribution in [0.3, 0.4) is 0 Å². The number of hydrogen-bond donors (Lipinski definition) is 1. The number of ketones is 1. The zero-order chi connectivity index (χ0) is 22.7. The first-order valence-electron chi connectivity index (χ1n) is 10.1. The molecule has 1 atom stereocenters. The normalized spacial score (nSPS) is 18.1. The van der Waals surface area contributed by atoms with Gasteiger partial charge in [-0.15, -0.1) is 0 Å². The molecule has 1 aliphatic rings. The van der Waals surface area contributed by atoms with E-state index in [0.717, 1.165) is 17.7 Å². The minimum atomic E-state index is -0.684. The number of methoxy groups -OCH3 is 1. The second kappa shape index (κ2) is 9.54. The summed E-state index contributed by atoms with van der Waals surface area (Å²) in [5.41, 5.74) is 2.08. The van der Waals surface area contributed by atoms with E-state index in [1.807, 2.05) is 25.9 Å². The standard InChI is InChI=1S/C24H27ClN2O4/c1-15-14-17(8-11-19(15)31-4)22(28)20-21(16-6-9-18(25)10-7-16)27(24(30)23(20)29)13-5-12-26(2)3/h6-11,14,21,28H,5,12-13H2,1-4H3/b22-20+/t21-/m0/s1. The number of Topliss-reactive ketones (excluding diaryl/α,β-unsaturated/α-hetero) is 1. The van der Waals surface area contributed by atoms with E-state index in [1.54, 1.807) is 49.6 Å². The molecule has 1 aliphatic heterocycles. The van der Waals surface area contributed by atoms with Crippen molar-refractivity contribution < 1.29 is 19.4 Å². The molecule has 6 nitrogen and oxygen atoms in total. The highest BCUT2D eigenvalue weighted by Crippen LogP contribution is 2.40. The van der Waals surface area contributed by atoms with Crippen LogP contribution in [0.25, 0.3) is 5.76 Å². The first-order chi connectivity index (χ1) is 14.7. The van der Waals surface area contributed by atoms with Crippen molar-refractivity contribution in [1.29, 1.82) is 0 Å². The molecule has 2 aromatic rings. The summed E-state index contributed by atoms with van der Waals surface area (Å²) in [7, 11) is 5.48. The molecule has 0 unspecified atom stereocenters. The number of nitrogens with zero attached hydrogens (tertiary/aromatic N) is 2. The Bertz CT molecular complexity index is 1010. The molecule has 0 bridgehead atoms. The molecule has 1 amide bonds. The molecular weight excluding hydrogens is 416 g/mol. The van der Waals surface area contributed by atoms with E-state index in [0.29, 0.717) is 29.3 Å². The number of carbonyl (C=O) groups excluding carboxylic acids is 2. The van der Waals surface area contributed by atoms with Crippen LogP contribution in [0.5, 0.6) is 5.75 Å². The summed E-state index contributed by atoms with van der Waals surface area (Å²) >= 11 is 6.05. The molecule has 1 heterocycles. The summed E-state index contributed by atoms with van der Waals surface area (Å²) in [5, 5.41) is 11.7. The van der Waals surface area contributed by atoms with Crippen LogP contribution >= 0.6 is 11.6 Å². The molecule has 0 aromatic heterocycles. The highest BCUT2D eigenvalue weighted by Gasteiger charge is 2.45. The van der Waals surface area contributed by atoms with E-state index >= 15 is 0 Å². The smallest absolute Gasteiger partial charge is 0.295 e. The van der Waals surface area contributed by atoms with Crippen molar-refractivity contribution in [2.45, 2.75) is 19.4 Å². The second-order valence-corrected chi connectivity index (χ2v) is 8.32. The van der Waals surface area contributed by atoms with Crippen LogP contribution in [0.1, 0.15) is 29.2 Å². The van der Waals surface area contributed by atoms with Crippen molar-refractivity contribution >= 4 is 29.1 Å². The number of halogens is 1. The number of aliphatic hydroxyl groups excluding tert-OH is 1. The molecule has 7 heteroatoms. The molecule has 0 saturated carbocycles. The Balaban J connectivity index is 2.10. The molecule has 1 fully saturated rings. The monoisotopic (exact) mass is 442 g/mol. The topological polar surface area (TPSA) is 70.1 Å². The van der Waals surface area contributed by atoms with Crippen LogP contribution in [-0.4, -0.2) is 60.9 Å². The SMILES string of the molecule is COc1ccc(/C(O)=C2\C(=O)C(=O)N(CCCN(C)C)[C@H]2c2ccc(Cl)cc2)cc1C. The highest BCUT2D eigenvalue weighted by molar-refractivity contribution is 6.46. The minimum absolute atomic E-state index is 0.0849. The highest BCUT2D eigenvalue weighted by atomic mass is 35.5. The molecule has 0 spiro atoms. The van der Waals surface area contributed by atoms with Crippen molar-refractivity contribution in [3.8, 4) is 5.75 Å². The number of benzene rings is 2. The molecule has 31 heavy (non-hydrogen) atoms. The van der Waals surface area contributed by atoms with Crippen LogP contribution in [0.4, 0.5) is 0 Å². The number of aryl methyl sites for hydroxylation is 1. The summed E-state index contributed by atoms with van der Waals surface area (Å²) in [5.74, 6) is -0.810. The fourth-order valence-electron chi connectivity index (χ4n) is 3.84. The van der Waals surface area contributed by atoms with Crippen molar-refractivity contribution in [2.24, 2.45) is 0 Å². The summed E-state index contributed by atoms with van der Waals surface area (Å²) in [6.07, 6.45) is 0.700. The summed E-state index contributed by atoms with van der Waals surface area (Å²) in [6.45, 7) is 3.02. The van der Waals surface area contributed by atoms with E-state index in [4.69, 9.17) is 16.3 Å². The number of hydrogen-bond acceptors (Lipinski definition) is 5. The maximum absolute atomic E-state index is 13.0. The van der Waals surface area contributed by atoms with Crippen LogP contribution in [-0.2, 0) is 9.59 Å². The molecule has 164 valence electrons. The molecule has 0 aliphatic carbocycles. The molecule has 2 aromatic carbocycles. The van der Waals surface area contributed by atoms with E-state index in [-0.39, 0.29) is 11.3 Å². The van der Waals surface area contributed by atoms with Gasteiger partial charge in [-0.05, 0) is 75.4 Å². The van der Waals surface area contributed by atoms with Gasteiger partial charge in [0.05, 0.1) is 18.7 Å². The Kier molecular flexibility index (Phi) is 7.03. The lowest BCUT2D eigenvalue weighted by Crippen LogP contribution is -2.32. The maximum Gasteiger partial charge on any atom is 0.295 e. The number of aliphatic hydroxyl groups is 1. The number of amides is 1. The zero-order valence-corrected chi connectivity index (χ0v) is 18.9. The number of ether oxygens (including phenoxy) is 1. The third-order valence-corrected chi connectivity index (χ3v) is 5.65. The van der Waals surface area contributed by atoms with Crippen molar-refractivity contribution in [3.63, 3.8) is 0 Å². The maximum atomic E-state index is 13.0. The second-order valence-electron chi connectivity index (χ2n) is 7.89. The van der Waals surface area contributed by atoms with E-state index in [9.17, 15) is 14.7 Å². The average molecular weight is 443 g/mol. The first kappa shape index (κ1) is 22.8. The van der Waals surface area contributed by atoms with Crippen molar-refractivity contribution in [2.75, 3.05) is 34.3 Å². The van der Waals surface area contributed by atoms with Crippen LogP contribution < -0.4 is 4.74 Å². The van der Waals surface area contributed by atoms with Crippen molar-refractivity contribution in [1.82, 2.24) is 9.80 Å². The van der Waals surface area contributed by atoms with Gasteiger partial charge in [0.15, 0.2) is 0 Å².